The predicted octanol–water partition coefficient (Wildman–Crippen LogP) is 4.26. The third kappa shape index (κ3) is 4.96. The summed E-state index contributed by atoms with van der Waals surface area (Å²) in [7, 11) is 0. The lowest BCUT2D eigenvalue weighted by molar-refractivity contribution is -0.136. The van der Waals surface area contributed by atoms with Crippen LogP contribution in [0.1, 0.15) is 30.1 Å². The fraction of sp³-hybridized carbons (Fsp3) is 0.417. The number of ketones is 1. The molecule has 0 amide bonds. The number of carbonyl (C=O) groups is 1. The van der Waals surface area contributed by atoms with Crippen molar-refractivity contribution in [3.05, 3.63) is 28.8 Å². The van der Waals surface area contributed by atoms with Crippen molar-refractivity contribution in [2.75, 3.05) is 6.61 Å². The number of carbonyl (C=O) groups excluding carboxylic acids is 1. The second-order valence-electron chi connectivity index (χ2n) is 3.77. The SMILES string of the molecule is CC(=O)c1ccc(OCCCC(F)(F)F)c(Cl)c1. The summed E-state index contributed by atoms with van der Waals surface area (Å²) in [5.41, 5.74) is 0.433. The first-order valence-corrected chi connectivity index (χ1v) is 5.67. The van der Waals surface area contributed by atoms with E-state index in [1.165, 1.54) is 25.1 Å². The lowest BCUT2D eigenvalue weighted by Crippen LogP contribution is -2.09. The Labute approximate surface area is 108 Å². The van der Waals surface area contributed by atoms with Gasteiger partial charge < -0.3 is 4.74 Å². The summed E-state index contributed by atoms with van der Waals surface area (Å²) < 4.78 is 40.8. The van der Waals surface area contributed by atoms with Gasteiger partial charge in [-0.3, -0.25) is 4.79 Å². The molecule has 1 rings (SSSR count). The fourth-order valence-corrected chi connectivity index (χ4v) is 1.53. The molecule has 2 nitrogen and oxygen atoms in total. The molecule has 0 aliphatic rings. The standard InChI is InChI=1S/C12H12ClF3O2/c1-8(17)9-3-4-11(10(13)7-9)18-6-2-5-12(14,15)16/h3-4,7H,2,5-6H2,1H3. The lowest BCUT2D eigenvalue weighted by Gasteiger charge is -2.10. The summed E-state index contributed by atoms with van der Waals surface area (Å²) in [5.74, 6) is 0.143. The van der Waals surface area contributed by atoms with Gasteiger partial charge in [0.2, 0.25) is 0 Å². The van der Waals surface area contributed by atoms with Gasteiger partial charge in [-0.05, 0) is 31.5 Å². The Kier molecular flexibility index (Phi) is 5.02. The van der Waals surface area contributed by atoms with Crippen LogP contribution >= 0.6 is 11.6 Å². The summed E-state index contributed by atoms with van der Waals surface area (Å²) in [4.78, 5) is 11.1. The zero-order valence-electron chi connectivity index (χ0n) is 9.68. The highest BCUT2D eigenvalue weighted by Gasteiger charge is 2.26. The average molecular weight is 281 g/mol. The van der Waals surface area contributed by atoms with Crippen molar-refractivity contribution < 1.29 is 22.7 Å². The third-order valence-corrected chi connectivity index (χ3v) is 2.50. The van der Waals surface area contributed by atoms with Gasteiger partial charge in [0.25, 0.3) is 0 Å². The van der Waals surface area contributed by atoms with E-state index in [2.05, 4.69) is 0 Å². The molecule has 0 saturated heterocycles. The Morgan fingerprint density at radius 2 is 2.06 bits per heavy atom. The molecule has 0 atom stereocenters. The van der Waals surface area contributed by atoms with Gasteiger partial charge in [-0.2, -0.15) is 13.2 Å². The fourth-order valence-electron chi connectivity index (χ4n) is 1.29. The molecule has 0 saturated carbocycles. The molecule has 0 aliphatic carbocycles. The van der Waals surface area contributed by atoms with E-state index in [1.54, 1.807) is 0 Å². The topological polar surface area (TPSA) is 26.3 Å². The molecule has 0 aliphatic heterocycles. The first-order chi connectivity index (χ1) is 8.29. The van der Waals surface area contributed by atoms with Crippen molar-refractivity contribution in [2.24, 2.45) is 0 Å². The Balaban J connectivity index is 2.51. The molecule has 0 radical (unpaired) electrons. The minimum Gasteiger partial charge on any atom is -0.492 e. The van der Waals surface area contributed by atoms with Gasteiger partial charge in [0, 0.05) is 12.0 Å². The molecular weight excluding hydrogens is 269 g/mol. The van der Waals surface area contributed by atoms with Crippen LogP contribution in [0.15, 0.2) is 18.2 Å². The van der Waals surface area contributed by atoms with Gasteiger partial charge in [0.05, 0.1) is 11.6 Å². The van der Waals surface area contributed by atoms with E-state index in [0.717, 1.165) is 0 Å². The molecule has 0 N–H and O–H groups in total. The molecule has 18 heavy (non-hydrogen) atoms. The van der Waals surface area contributed by atoms with Gasteiger partial charge in [-0.15, -0.1) is 0 Å². The largest absolute Gasteiger partial charge is 0.492 e. The highest BCUT2D eigenvalue weighted by molar-refractivity contribution is 6.32. The molecule has 0 heterocycles. The van der Waals surface area contributed by atoms with Crippen LogP contribution in [0.5, 0.6) is 5.75 Å². The van der Waals surface area contributed by atoms with E-state index in [0.29, 0.717) is 5.56 Å². The second-order valence-corrected chi connectivity index (χ2v) is 4.18. The lowest BCUT2D eigenvalue weighted by atomic mass is 10.1. The summed E-state index contributed by atoms with van der Waals surface area (Å²) in [6.07, 6.45) is -5.20. The van der Waals surface area contributed by atoms with Gasteiger partial charge >= 0.3 is 6.18 Å². The van der Waals surface area contributed by atoms with E-state index in [4.69, 9.17) is 16.3 Å². The second kappa shape index (κ2) is 6.09. The Morgan fingerprint density at radius 3 is 2.56 bits per heavy atom. The zero-order valence-corrected chi connectivity index (χ0v) is 10.4. The maximum absolute atomic E-state index is 11.9. The first-order valence-electron chi connectivity index (χ1n) is 5.29. The summed E-state index contributed by atoms with van der Waals surface area (Å²) in [5, 5.41) is 0.217. The van der Waals surface area contributed by atoms with Gasteiger partial charge in [0.1, 0.15) is 5.75 Å². The predicted molar refractivity (Wildman–Crippen MR) is 62.2 cm³/mol. The third-order valence-electron chi connectivity index (χ3n) is 2.20. The van der Waals surface area contributed by atoms with E-state index < -0.39 is 12.6 Å². The van der Waals surface area contributed by atoms with Gasteiger partial charge in [-0.1, -0.05) is 11.6 Å². The van der Waals surface area contributed by atoms with Crippen molar-refractivity contribution in [1.82, 2.24) is 0 Å². The molecule has 0 aromatic heterocycles. The van der Waals surface area contributed by atoms with Crippen LogP contribution in [0.2, 0.25) is 5.02 Å². The van der Waals surface area contributed by atoms with E-state index in [1.807, 2.05) is 0 Å². The Morgan fingerprint density at radius 1 is 1.39 bits per heavy atom. The molecule has 1 aromatic rings. The highest BCUT2D eigenvalue weighted by Crippen LogP contribution is 2.27. The smallest absolute Gasteiger partial charge is 0.389 e. The highest BCUT2D eigenvalue weighted by atomic mass is 35.5. The molecule has 1 aromatic carbocycles. The number of ether oxygens (including phenoxy) is 1. The van der Waals surface area contributed by atoms with Crippen LogP contribution in [-0.4, -0.2) is 18.6 Å². The van der Waals surface area contributed by atoms with Crippen LogP contribution in [0.25, 0.3) is 0 Å². The van der Waals surface area contributed by atoms with Crippen molar-refractivity contribution in [2.45, 2.75) is 25.9 Å². The number of halogens is 4. The van der Waals surface area contributed by atoms with Crippen LogP contribution < -0.4 is 4.74 Å². The molecule has 0 unspecified atom stereocenters. The number of alkyl halides is 3. The number of benzene rings is 1. The van der Waals surface area contributed by atoms with E-state index >= 15 is 0 Å². The molecule has 0 bridgehead atoms. The molecule has 0 fully saturated rings. The minimum absolute atomic E-state index is 0.0708. The molecule has 100 valence electrons. The monoisotopic (exact) mass is 280 g/mol. The Bertz CT molecular complexity index is 430. The summed E-state index contributed by atoms with van der Waals surface area (Å²) in [6, 6.07) is 4.43. The minimum atomic E-state index is -4.17. The summed E-state index contributed by atoms with van der Waals surface area (Å²) >= 11 is 5.84. The normalized spacial score (nSPS) is 11.4. The summed E-state index contributed by atoms with van der Waals surface area (Å²) in [6.45, 7) is 1.33. The molecule has 6 heteroatoms. The Hall–Kier alpha value is -1.23. The van der Waals surface area contributed by atoms with Crippen molar-refractivity contribution >= 4 is 17.4 Å². The quantitative estimate of drug-likeness (QED) is 0.595. The van der Waals surface area contributed by atoms with Gasteiger partial charge in [-0.25, -0.2) is 0 Å². The number of hydrogen-bond donors (Lipinski definition) is 0. The van der Waals surface area contributed by atoms with Crippen LogP contribution in [0.3, 0.4) is 0 Å². The molecule has 0 spiro atoms. The van der Waals surface area contributed by atoms with Crippen LogP contribution in [0, 0.1) is 0 Å². The molecular formula is C12H12ClF3O2. The van der Waals surface area contributed by atoms with E-state index in [-0.39, 0.29) is 29.6 Å². The van der Waals surface area contributed by atoms with Crippen molar-refractivity contribution in [1.29, 1.82) is 0 Å². The number of hydrogen-bond acceptors (Lipinski definition) is 2. The van der Waals surface area contributed by atoms with E-state index in [9.17, 15) is 18.0 Å². The average Bonchev–Trinajstić information content (AvgIpc) is 2.24. The van der Waals surface area contributed by atoms with Crippen molar-refractivity contribution in [3.63, 3.8) is 0 Å². The number of rotatable bonds is 5. The first kappa shape index (κ1) is 14.8. The maximum Gasteiger partial charge on any atom is 0.389 e. The zero-order chi connectivity index (χ0) is 13.8. The van der Waals surface area contributed by atoms with Gasteiger partial charge in [0.15, 0.2) is 5.78 Å². The van der Waals surface area contributed by atoms with Crippen molar-refractivity contribution in [3.8, 4) is 5.75 Å². The number of Topliss-reactive ketones (excluding diaryl/α,β-unsaturated/α-hetero) is 1. The maximum atomic E-state index is 11.9. The van der Waals surface area contributed by atoms with Crippen LogP contribution in [0.4, 0.5) is 13.2 Å². The van der Waals surface area contributed by atoms with Crippen LogP contribution in [-0.2, 0) is 0 Å².